The van der Waals surface area contributed by atoms with Crippen molar-refractivity contribution >= 4 is 17.5 Å². The maximum Gasteiger partial charge on any atom is 0.258 e. The highest BCUT2D eigenvalue weighted by atomic mass is 16.5. The van der Waals surface area contributed by atoms with Crippen LogP contribution in [-0.4, -0.2) is 18.4 Å². The van der Waals surface area contributed by atoms with Gasteiger partial charge >= 0.3 is 0 Å². The molecule has 2 aromatic carbocycles. The molecule has 0 heterocycles. The summed E-state index contributed by atoms with van der Waals surface area (Å²) in [6, 6.07) is 15.2. The topological polar surface area (TPSA) is 67.4 Å². The van der Waals surface area contributed by atoms with Gasteiger partial charge in [0.2, 0.25) is 5.91 Å². The summed E-state index contributed by atoms with van der Waals surface area (Å²) in [7, 11) is 0. The molecule has 0 radical (unpaired) electrons. The zero-order valence-corrected chi connectivity index (χ0v) is 15.4. The minimum absolute atomic E-state index is 0.0117. The molecule has 0 saturated heterocycles. The van der Waals surface area contributed by atoms with Crippen molar-refractivity contribution in [1.29, 1.82) is 0 Å². The lowest BCUT2D eigenvalue weighted by atomic mass is 10.2. The molecule has 138 valence electrons. The molecular formula is C21H26N2O3. The molecule has 26 heavy (non-hydrogen) atoms. The zero-order chi connectivity index (χ0) is 18.8. The van der Waals surface area contributed by atoms with E-state index in [1.54, 1.807) is 0 Å². The molecule has 0 saturated carbocycles. The summed E-state index contributed by atoms with van der Waals surface area (Å²) in [5.41, 5.74) is 2.95. The van der Waals surface area contributed by atoms with Crippen molar-refractivity contribution in [2.24, 2.45) is 0 Å². The first kappa shape index (κ1) is 19.5. The van der Waals surface area contributed by atoms with Crippen molar-refractivity contribution in [1.82, 2.24) is 5.32 Å². The predicted molar refractivity (Wildman–Crippen MR) is 103 cm³/mol. The molecule has 0 spiro atoms. The number of benzene rings is 2. The third-order valence-corrected chi connectivity index (χ3v) is 3.91. The SMILES string of the molecule is CCCC(=O)Nc1ccc(CNC(=O)COc2ccc(CC)cc2)cc1. The Labute approximate surface area is 154 Å². The number of anilines is 1. The Bertz CT molecular complexity index is 709. The second-order valence-corrected chi connectivity index (χ2v) is 6.06. The van der Waals surface area contributed by atoms with Crippen LogP contribution >= 0.6 is 0 Å². The lowest BCUT2D eigenvalue weighted by molar-refractivity contribution is -0.123. The molecule has 0 unspecified atom stereocenters. The van der Waals surface area contributed by atoms with Crippen LogP contribution in [0, 0.1) is 0 Å². The smallest absolute Gasteiger partial charge is 0.258 e. The number of amides is 2. The van der Waals surface area contributed by atoms with E-state index in [1.807, 2.05) is 55.5 Å². The fraction of sp³-hybridized carbons (Fsp3) is 0.333. The van der Waals surface area contributed by atoms with Gasteiger partial charge in [-0.1, -0.05) is 38.1 Å². The third kappa shape index (κ3) is 6.59. The lowest BCUT2D eigenvalue weighted by Crippen LogP contribution is -2.28. The summed E-state index contributed by atoms with van der Waals surface area (Å²) < 4.78 is 5.48. The summed E-state index contributed by atoms with van der Waals surface area (Å²) in [4.78, 5) is 23.5. The number of ether oxygens (including phenoxy) is 1. The van der Waals surface area contributed by atoms with E-state index in [9.17, 15) is 9.59 Å². The minimum atomic E-state index is -0.176. The maximum absolute atomic E-state index is 11.9. The largest absolute Gasteiger partial charge is 0.484 e. The molecule has 2 N–H and O–H groups in total. The van der Waals surface area contributed by atoms with E-state index in [2.05, 4.69) is 17.6 Å². The molecule has 0 aliphatic rings. The first-order chi connectivity index (χ1) is 12.6. The summed E-state index contributed by atoms with van der Waals surface area (Å²) in [6.45, 7) is 4.46. The Balaban J connectivity index is 1.73. The van der Waals surface area contributed by atoms with Crippen molar-refractivity contribution in [3.8, 4) is 5.75 Å². The van der Waals surface area contributed by atoms with Gasteiger partial charge in [-0.2, -0.15) is 0 Å². The molecule has 5 heteroatoms. The van der Waals surface area contributed by atoms with E-state index < -0.39 is 0 Å². The highest BCUT2D eigenvalue weighted by Gasteiger charge is 2.04. The average molecular weight is 354 g/mol. The molecule has 2 amide bonds. The number of carbonyl (C=O) groups excluding carboxylic acids is 2. The monoisotopic (exact) mass is 354 g/mol. The number of carbonyl (C=O) groups is 2. The van der Waals surface area contributed by atoms with Gasteiger partial charge in [0.25, 0.3) is 5.91 Å². The van der Waals surface area contributed by atoms with Gasteiger partial charge in [0.05, 0.1) is 0 Å². The normalized spacial score (nSPS) is 10.2. The van der Waals surface area contributed by atoms with Gasteiger partial charge in [-0.25, -0.2) is 0 Å². The maximum atomic E-state index is 11.9. The zero-order valence-electron chi connectivity index (χ0n) is 15.4. The summed E-state index contributed by atoms with van der Waals surface area (Å²) in [6.07, 6.45) is 2.31. The fourth-order valence-electron chi connectivity index (χ4n) is 2.38. The molecule has 0 aliphatic carbocycles. The van der Waals surface area contributed by atoms with Crippen molar-refractivity contribution < 1.29 is 14.3 Å². The second kappa shape index (κ2) is 10.2. The van der Waals surface area contributed by atoms with Crippen molar-refractivity contribution in [3.63, 3.8) is 0 Å². The predicted octanol–water partition coefficient (Wildman–Crippen LogP) is 3.68. The van der Waals surface area contributed by atoms with Crippen molar-refractivity contribution in [3.05, 3.63) is 59.7 Å². The summed E-state index contributed by atoms with van der Waals surface area (Å²) in [5, 5.41) is 5.66. The Hall–Kier alpha value is -2.82. The van der Waals surface area contributed by atoms with Crippen molar-refractivity contribution in [2.45, 2.75) is 39.7 Å². The second-order valence-electron chi connectivity index (χ2n) is 6.06. The van der Waals surface area contributed by atoms with Crippen LogP contribution in [-0.2, 0) is 22.6 Å². The molecule has 0 atom stereocenters. The number of hydrogen-bond acceptors (Lipinski definition) is 3. The van der Waals surface area contributed by atoms with Gasteiger partial charge in [-0.3, -0.25) is 9.59 Å². The quantitative estimate of drug-likeness (QED) is 0.722. The summed E-state index contributed by atoms with van der Waals surface area (Å²) in [5.74, 6) is 0.520. The number of rotatable bonds is 9. The fourth-order valence-corrected chi connectivity index (χ4v) is 2.38. The molecule has 0 aromatic heterocycles. The molecule has 0 aliphatic heterocycles. The first-order valence-corrected chi connectivity index (χ1v) is 8.98. The van der Waals surface area contributed by atoms with Crippen LogP contribution in [0.25, 0.3) is 0 Å². The molecule has 2 rings (SSSR count). The minimum Gasteiger partial charge on any atom is -0.484 e. The van der Waals surface area contributed by atoms with Crippen LogP contribution < -0.4 is 15.4 Å². The standard InChI is InChI=1S/C21H26N2O3/c1-3-5-20(24)23-18-10-6-17(7-11-18)14-22-21(25)15-26-19-12-8-16(4-2)9-13-19/h6-13H,3-5,14-15H2,1-2H3,(H,22,25)(H,23,24). The van der Waals surface area contributed by atoms with Gasteiger partial charge < -0.3 is 15.4 Å². The number of aryl methyl sites for hydroxylation is 1. The van der Waals surface area contributed by atoms with Crippen LogP contribution in [0.5, 0.6) is 5.75 Å². The molecular weight excluding hydrogens is 328 g/mol. The van der Waals surface area contributed by atoms with E-state index in [0.717, 1.165) is 24.1 Å². The van der Waals surface area contributed by atoms with Gasteiger partial charge in [0, 0.05) is 18.7 Å². The van der Waals surface area contributed by atoms with E-state index in [-0.39, 0.29) is 18.4 Å². The lowest BCUT2D eigenvalue weighted by Gasteiger charge is -2.09. The molecule has 5 nitrogen and oxygen atoms in total. The highest BCUT2D eigenvalue weighted by molar-refractivity contribution is 5.90. The van der Waals surface area contributed by atoms with Crippen LogP contribution in [0.2, 0.25) is 0 Å². The van der Waals surface area contributed by atoms with Gasteiger partial charge in [-0.05, 0) is 48.2 Å². The van der Waals surface area contributed by atoms with Crippen molar-refractivity contribution in [2.75, 3.05) is 11.9 Å². The highest BCUT2D eigenvalue weighted by Crippen LogP contribution is 2.12. The van der Waals surface area contributed by atoms with E-state index in [1.165, 1.54) is 5.56 Å². The Morgan fingerprint density at radius 1 is 0.885 bits per heavy atom. The Kier molecular flexibility index (Phi) is 7.68. The average Bonchev–Trinajstić information content (AvgIpc) is 2.66. The number of hydrogen-bond donors (Lipinski definition) is 2. The molecule has 2 aromatic rings. The van der Waals surface area contributed by atoms with Gasteiger partial charge in [-0.15, -0.1) is 0 Å². The van der Waals surface area contributed by atoms with E-state index >= 15 is 0 Å². The van der Waals surface area contributed by atoms with Crippen LogP contribution in [0.15, 0.2) is 48.5 Å². The molecule has 0 fully saturated rings. The molecule has 0 bridgehead atoms. The van der Waals surface area contributed by atoms with E-state index in [4.69, 9.17) is 4.74 Å². The third-order valence-electron chi connectivity index (χ3n) is 3.91. The van der Waals surface area contributed by atoms with E-state index in [0.29, 0.717) is 18.7 Å². The van der Waals surface area contributed by atoms with Gasteiger partial charge in [0.1, 0.15) is 5.75 Å². The van der Waals surface area contributed by atoms with Crippen LogP contribution in [0.3, 0.4) is 0 Å². The van der Waals surface area contributed by atoms with Gasteiger partial charge in [0.15, 0.2) is 6.61 Å². The Morgan fingerprint density at radius 3 is 2.15 bits per heavy atom. The van der Waals surface area contributed by atoms with Crippen LogP contribution in [0.4, 0.5) is 5.69 Å². The number of nitrogens with one attached hydrogen (secondary N) is 2. The Morgan fingerprint density at radius 2 is 1.54 bits per heavy atom. The summed E-state index contributed by atoms with van der Waals surface area (Å²) >= 11 is 0. The first-order valence-electron chi connectivity index (χ1n) is 8.98. The van der Waals surface area contributed by atoms with Crippen LogP contribution in [0.1, 0.15) is 37.8 Å².